The maximum atomic E-state index is 9.00. The molecule has 0 aliphatic heterocycles. The maximum Gasteiger partial charge on any atom is 0.300 e. The van der Waals surface area contributed by atoms with Gasteiger partial charge in [0.15, 0.2) is 0 Å². The van der Waals surface area contributed by atoms with Crippen LogP contribution in [0.25, 0.3) is 0 Å². The van der Waals surface area contributed by atoms with Crippen molar-refractivity contribution in [2.45, 2.75) is 6.92 Å². The number of hydrogen-bond acceptors (Lipinski definition) is 4. The Labute approximate surface area is 116 Å². The number of aliphatic imine (C=N–C) groups is 1. The fourth-order valence-corrected chi connectivity index (χ4v) is 1.27. The quantitative estimate of drug-likeness (QED) is 0.579. The van der Waals surface area contributed by atoms with Crippen molar-refractivity contribution in [3.63, 3.8) is 0 Å². The van der Waals surface area contributed by atoms with E-state index < -0.39 is 5.97 Å². The molecule has 6 nitrogen and oxygen atoms in total. The number of halogens is 1. The molecule has 0 aliphatic rings. The molecule has 0 saturated carbocycles. The van der Waals surface area contributed by atoms with Gasteiger partial charge in [-0.2, -0.15) is 0 Å². The molecule has 0 aromatic heterocycles. The van der Waals surface area contributed by atoms with Gasteiger partial charge in [0.05, 0.1) is 24.2 Å². The number of carboxylic acid groups (broad SMARTS) is 1. The molecule has 1 aromatic rings. The van der Waals surface area contributed by atoms with E-state index in [1.807, 2.05) is 0 Å². The maximum absolute atomic E-state index is 9.00. The molecule has 4 N–H and O–H groups in total. The van der Waals surface area contributed by atoms with Crippen molar-refractivity contribution in [1.29, 1.82) is 5.41 Å². The van der Waals surface area contributed by atoms with E-state index >= 15 is 0 Å². The number of benzene rings is 1. The number of nitrogens with two attached hydrogens (primary N) is 1. The highest BCUT2D eigenvalue weighted by molar-refractivity contribution is 6.33. The SMILES string of the molecule is CC(=O)O.COc1cccc(Cl)c1C=NCC(=N)N. The van der Waals surface area contributed by atoms with E-state index in [2.05, 4.69) is 4.99 Å². The van der Waals surface area contributed by atoms with E-state index in [0.717, 1.165) is 6.92 Å². The number of aliphatic carboxylic acids is 1. The number of carbonyl (C=O) groups is 1. The van der Waals surface area contributed by atoms with Crippen LogP contribution in [0, 0.1) is 5.41 Å². The van der Waals surface area contributed by atoms with Crippen molar-refractivity contribution >= 4 is 29.6 Å². The van der Waals surface area contributed by atoms with Crippen molar-refractivity contribution in [3.05, 3.63) is 28.8 Å². The Morgan fingerprint density at radius 2 is 2.21 bits per heavy atom. The summed E-state index contributed by atoms with van der Waals surface area (Å²) in [4.78, 5) is 13.0. The van der Waals surface area contributed by atoms with Gasteiger partial charge >= 0.3 is 0 Å². The molecule has 0 amide bonds. The molecule has 0 saturated heterocycles. The predicted octanol–water partition coefficient (Wildman–Crippen LogP) is 1.79. The van der Waals surface area contributed by atoms with Gasteiger partial charge in [0.1, 0.15) is 11.6 Å². The summed E-state index contributed by atoms with van der Waals surface area (Å²) in [5.74, 6) is -0.174. The summed E-state index contributed by atoms with van der Waals surface area (Å²) in [7, 11) is 1.56. The average molecular weight is 286 g/mol. The predicted molar refractivity (Wildman–Crippen MR) is 75.7 cm³/mol. The van der Waals surface area contributed by atoms with Gasteiger partial charge in [-0.3, -0.25) is 15.2 Å². The summed E-state index contributed by atoms with van der Waals surface area (Å²) in [5.41, 5.74) is 5.87. The molecule has 1 rings (SSSR count). The van der Waals surface area contributed by atoms with E-state index in [1.165, 1.54) is 0 Å². The Bertz CT molecular complexity index is 471. The van der Waals surface area contributed by atoms with Gasteiger partial charge in [-0.05, 0) is 12.1 Å². The lowest BCUT2D eigenvalue weighted by atomic mass is 10.2. The number of ether oxygens (including phenoxy) is 1. The molecule has 104 valence electrons. The summed E-state index contributed by atoms with van der Waals surface area (Å²) in [6.45, 7) is 1.24. The molecule has 19 heavy (non-hydrogen) atoms. The Kier molecular flexibility index (Phi) is 7.95. The molecule has 0 bridgehead atoms. The average Bonchev–Trinajstić information content (AvgIpc) is 2.30. The first-order valence-corrected chi connectivity index (χ1v) is 5.61. The van der Waals surface area contributed by atoms with Crippen molar-refractivity contribution in [2.75, 3.05) is 13.7 Å². The summed E-state index contributed by atoms with van der Waals surface area (Å²) in [5, 5.41) is 15.0. The third-order valence-corrected chi connectivity index (χ3v) is 2.04. The van der Waals surface area contributed by atoms with Crippen molar-refractivity contribution in [2.24, 2.45) is 10.7 Å². The Hall–Kier alpha value is -2.08. The van der Waals surface area contributed by atoms with Crippen molar-refractivity contribution in [1.82, 2.24) is 0 Å². The van der Waals surface area contributed by atoms with Gasteiger partial charge < -0.3 is 15.6 Å². The number of rotatable bonds is 4. The molecule has 0 radical (unpaired) electrons. The zero-order valence-corrected chi connectivity index (χ0v) is 11.4. The molecule has 0 unspecified atom stereocenters. The highest BCUT2D eigenvalue weighted by Crippen LogP contribution is 2.23. The van der Waals surface area contributed by atoms with Crippen LogP contribution in [-0.4, -0.2) is 36.8 Å². The summed E-state index contributed by atoms with van der Waals surface area (Å²) < 4.78 is 5.12. The van der Waals surface area contributed by atoms with E-state index in [1.54, 1.807) is 31.5 Å². The molecule has 1 aromatic carbocycles. The Morgan fingerprint density at radius 3 is 2.68 bits per heavy atom. The van der Waals surface area contributed by atoms with Crippen LogP contribution in [0.4, 0.5) is 0 Å². The largest absolute Gasteiger partial charge is 0.496 e. The second-order valence-corrected chi connectivity index (χ2v) is 3.78. The fourth-order valence-electron chi connectivity index (χ4n) is 1.06. The minimum atomic E-state index is -0.833. The Morgan fingerprint density at radius 1 is 1.63 bits per heavy atom. The monoisotopic (exact) mass is 285 g/mol. The smallest absolute Gasteiger partial charge is 0.300 e. The van der Waals surface area contributed by atoms with E-state index in [-0.39, 0.29) is 12.4 Å². The number of amidine groups is 1. The fraction of sp³-hybridized carbons (Fsp3) is 0.250. The first-order chi connectivity index (χ1) is 8.88. The first-order valence-electron chi connectivity index (χ1n) is 5.23. The van der Waals surface area contributed by atoms with Crippen LogP contribution in [0.15, 0.2) is 23.2 Å². The molecule has 0 spiro atoms. The molecule has 0 heterocycles. The zero-order chi connectivity index (χ0) is 14.8. The van der Waals surface area contributed by atoms with Crippen LogP contribution in [0.5, 0.6) is 5.75 Å². The molecular formula is C12H16ClN3O3. The highest BCUT2D eigenvalue weighted by atomic mass is 35.5. The van der Waals surface area contributed by atoms with Gasteiger partial charge in [-0.1, -0.05) is 17.7 Å². The minimum absolute atomic E-state index is 0.0114. The summed E-state index contributed by atoms with van der Waals surface area (Å²) >= 11 is 5.97. The van der Waals surface area contributed by atoms with Crippen LogP contribution in [0.2, 0.25) is 5.02 Å². The third-order valence-electron chi connectivity index (χ3n) is 1.71. The normalized spacial score (nSPS) is 9.63. The summed E-state index contributed by atoms with van der Waals surface area (Å²) in [6.07, 6.45) is 1.56. The standard InChI is InChI=1S/C10H12ClN3O.C2H4O2/c1-15-9-4-2-3-8(11)7(9)5-14-6-10(12)13;1-2(3)4/h2-5H,6H2,1H3,(H3,12,13);1H3,(H,3,4). The topological polar surface area (TPSA) is 109 Å². The molecule has 0 fully saturated rings. The molecule has 0 aliphatic carbocycles. The van der Waals surface area contributed by atoms with Gasteiger partial charge in [0, 0.05) is 13.1 Å². The van der Waals surface area contributed by atoms with Gasteiger partial charge in [0.2, 0.25) is 0 Å². The highest BCUT2D eigenvalue weighted by Gasteiger charge is 2.03. The Balaban J connectivity index is 0.000000711. The van der Waals surface area contributed by atoms with Crippen molar-refractivity contribution < 1.29 is 14.6 Å². The number of nitrogens with zero attached hydrogens (tertiary/aromatic N) is 1. The molecular weight excluding hydrogens is 270 g/mol. The lowest BCUT2D eigenvalue weighted by Gasteiger charge is -2.05. The molecule has 7 heteroatoms. The van der Waals surface area contributed by atoms with E-state index in [9.17, 15) is 0 Å². The third kappa shape index (κ3) is 7.77. The zero-order valence-electron chi connectivity index (χ0n) is 10.7. The van der Waals surface area contributed by atoms with Crippen LogP contribution in [-0.2, 0) is 4.79 Å². The lowest BCUT2D eigenvalue weighted by Crippen LogP contribution is -2.13. The van der Waals surface area contributed by atoms with Gasteiger partial charge in [-0.25, -0.2) is 0 Å². The number of carboxylic acids is 1. The molecule has 0 atom stereocenters. The number of nitrogens with one attached hydrogen (secondary N) is 1. The van der Waals surface area contributed by atoms with Crippen LogP contribution >= 0.6 is 11.6 Å². The lowest BCUT2D eigenvalue weighted by molar-refractivity contribution is -0.134. The summed E-state index contributed by atoms with van der Waals surface area (Å²) in [6, 6.07) is 5.34. The van der Waals surface area contributed by atoms with E-state index in [4.69, 9.17) is 37.4 Å². The van der Waals surface area contributed by atoms with Crippen molar-refractivity contribution in [3.8, 4) is 5.75 Å². The number of hydrogen-bond donors (Lipinski definition) is 3. The van der Waals surface area contributed by atoms with Gasteiger partial charge in [-0.15, -0.1) is 0 Å². The minimum Gasteiger partial charge on any atom is -0.496 e. The van der Waals surface area contributed by atoms with Gasteiger partial charge in [0.25, 0.3) is 5.97 Å². The second-order valence-electron chi connectivity index (χ2n) is 3.37. The van der Waals surface area contributed by atoms with E-state index in [0.29, 0.717) is 16.3 Å². The van der Waals surface area contributed by atoms with Crippen LogP contribution < -0.4 is 10.5 Å². The van der Waals surface area contributed by atoms with Crippen LogP contribution in [0.1, 0.15) is 12.5 Å². The van der Waals surface area contributed by atoms with Crippen LogP contribution in [0.3, 0.4) is 0 Å². The number of methoxy groups -OCH3 is 1. The second kappa shape index (κ2) is 8.93. The first kappa shape index (κ1) is 16.9.